The number of amides is 2. The van der Waals surface area contributed by atoms with Crippen molar-refractivity contribution in [3.05, 3.63) is 77.6 Å². The summed E-state index contributed by atoms with van der Waals surface area (Å²) in [6.07, 6.45) is -6.02. The molecule has 1 atom stereocenters. The second-order valence-corrected chi connectivity index (χ2v) is 11.2. The maximum atomic E-state index is 14.9. The van der Waals surface area contributed by atoms with Crippen LogP contribution in [0.2, 0.25) is 0 Å². The van der Waals surface area contributed by atoms with E-state index >= 15 is 0 Å². The number of aromatic nitrogens is 3. The summed E-state index contributed by atoms with van der Waals surface area (Å²) in [5, 5.41) is 13.8. The number of thiazole rings is 1. The van der Waals surface area contributed by atoms with Gasteiger partial charge in [0.15, 0.2) is 0 Å². The quantitative estimate of drug-likeness (QED) is 0.187. The maximum absolute atomic E-state index is 14.9. The summed E-state index contributed by atoms with van der Waals surface area (Å²) in [5.41, 5.74) is -1.04. The highest BCUT2D eigenvalue weighted by molar-refractivity contribution is 7.13. The van der Waals surface area contributed by atoms with Crippen molar-refractivity contribution < 1.29 is 40.7 Å². The largest absolute Gasteiger partial charge is 0.471 e. The molecule has 1 fully saturated rings. The Hall–Kier alpha value is -4.73. The van der Waals surface area contributed by atoms with Crippen LogP contribution < -0.4 is 20.3 Å². The minimum atomic E-state index is -5.04. The molecular weight excluding hydrogens is 638 g/mol. The number of benzene rings is 2. The van der Waals surface area contributed by atoms with Crippen molar-refractivity contribution in [1.29, 1.82) is 0 Å². The van der Waals surface area contributed by atoms with Gasteiger partial charge in [-0.15, -0.1) is 11.3 Å². The van der Waals surface area contributed by atoms with E-state index in [0.717, 1.165) is 17.4 Å². The Labute approximate surface area is 262 Å². The molecule has 242 valence electrons. The fourth-order valence-electron chi connectivity index (χ4n) is 5.08. The van der Waals surface area contributed by atoms with Gasteiger partial charge in [0.1, 0.15) is 27.8 Å². The standard InChI is InChI=1S/C30H26F6N6O3S/c31-29(32,33)24-23(45-20-6-2-1-3-7-20)9-8-21(40-26(43)22-17-46-27(41-22)19-11-13-38-39-15-19)25(24)42-14-4-5-18(16-42)10-12-37-28(44)30(34,35)36/h1-3,6-9,11,13,15,17-18H,4-5,10,12,14,16H2,(H,37,44)(H,40,43)/t18-/m0/s1. The van der Waals surface area contributed by atoms with Gasteiger partial charge >= 0.3 is 18.3 Å². The van der Waals surface area contributed by atoms with Crippen LogP contribution in [0.5, 0.6) is 11.5 Å². The molecule has 2 N–H and O–H groups in total. The number of para-hydroxylation sites is 1. The van der Waals surface area contributed by atoms with E-state index in [9.17, 15) is 35.9 Å². The molecule has 16 heteroatoms. The predicted molar refractivity (Wildman–Crippen MR) is 158 cm³/mol. The zero-order chi connectivity index (χ0) is 32.9. The second kappa shape index (κ2) is 13.7. The molecule has 3 heterocycles. The molecule has 2 aromatic heterocycles. The van der Waals surface area contributed by atoms with Gasteiger partial charge in [-0.1, -0.05) is 18.2 Å². The molecule has 0 spiro atoms. The van der Waals surface area contributed by atoms with E-state index in [1.54, 1.807) is 24.3 Å². The van der Waals surface area contributed by atoms with Crippen LogP contribution in [-0.4, -0.2) is 52.8 Å². The molecule has 2 aromatic carbocycles. The minimum absolute atomic E-state index is 0.0263. The van der Waals surface area contributed by atoms with Gasteiger partial charge in [-0.3, -0.25) is 9.59 Å². The van der Waals surface area contributed by atoms with Crippen LogP contribution in [-0.2, 0) is 11.0 Å². The first-order valence-corrected chi connectivity index (χ1v) is 14.9. The lowest BCUT2D eigenvalue weighted by Gasteiger charge is -2.37. The molecule has 1 aliphatic heterocycles. The smallest absolute Gasteiger partial charge is 0.457 e. The Kier molecular flexibility index (Phi) is 9.74. The molecule has 1 saturated heterocycles. The normalized spacial score (nSPS) is 15.3. The number of ether oxygens (including phenoxy) is 1. The number of hydrogen-bond donors (Lipinski definition) is 2. The lowest BCUT2D eigenvalue weighted by Crippen LogP contribution is -2.41. The Morgan fingerprint density at radius 1 is 1.02 bits per heavy atom. The highest BCUT2D eigenvalue weighted by atomic mass is 32.1. The number of hydrogen-bond acceptors (Lipinski definition) is 8. The SMILES string of the molecule is O=C(Nc1ccc(Oc2ccccc2)c(C(F)(F)F)c1N1CCC[C@@H](CCNC(=O)C(F)(F)F)C1)c1csc(-c2ccnnc2)n1. The van der Waals surface area contributed by atoms with E-state index < -0.39 is 35.5 Å². The Morgan fingerprint density at radius 3 is 2.50 bits per heavy atom. The number of rotatable bonds is 9. The zero-order valence-electron chi connectivity index (χ0n) is 23.9. The van der Waals surface area contributed by atoms with Crippen LogP contribution in [0.3, 0.4) is 0 Å². The molecular formula is C30H26F6N6O3S. The van der Waals surface area contributed by atoms with Crippen molar-refractivity contribution in [1.82, 2.24) is 20.5 Å². The molecule has 9 nitrogen and oxygen atoms in total. The molecule has 0 unspecified atom stereocenters. The lowest BCUT2D eigenvalue weighted by molar-refractivity contribution is -0.173. The molecule has 46 heavy (non-hydrogen) atoms. The summed E-state index contributed by atoms with van der Waals surface area (Å²) in [5.74, 6) is -3.51. The first-order chi connectivity index (χ1) is 21.9. The molecule has 0 radical (unpaired) electrons. The molecule has 0 bridgehead atoms. The van der Waals surface area contributed by atoms with Gasteiger partial charge in [-0.05, 0) is 55.5 Å². The highest BCUT2D eigenvalue weighted by Gasteiger charge is 2.42. The zero-order valence-corrected chi connectivity index (χ0v) is 24.7. The van der Waals surface area contributed by atoms with E-state index in [-0.39, 0.29) is 54.8 Å². The van der Waals surface area contributed by atoms with Crippen LogP contribution in [0.25, 0.3) is 10.6 Å². The van der Waals surface area contributed by atoms with Crippen molar-refractivity contribution in [3.8, 4) is 22.1 Å². The third kappa shape index (κ3) is 7.91. The van der Waals surface area contributed by atoms with Gasteiger partial charge in [0.25, 0.3) is 5.91 Å². The van der Waals surface area contributed by atoms with Crippen molar-refractivity contribution in [2.24, 2.45) is 5.92 Å². The van der Waals surface area contributed by atoms with Crippen LogP contribution >= 0.6 is 11.3 Å². The first kappa shape index (κ1) is 32.7. The maximum Gasteiger partial charge on any atom is 0.471 e. The van der Waals surface area contributed by atoms with Crippen molar-refractivity contribution in [2.75, 3.05) is 29.9 Å². The number of nitrogens with zero attached hydrogens (tertiary/aromatic N) is 4. The van der Waals surface area contributed by atoms with E-state index in [4.69, 9.17) is 4.74 Å². The summed E-state index contributed by atoms with van der Waals surface area (Å²) < 4.78 is 88.3. The second-order valence-electron chi connectivity index (χ2n) is 10.4. The summed E-state index contributed by atoms with van der Waals surface area (Å²) in [4.78, 5) is 30.3. The monoisotopic (exact) mass is 664 g/mol. The Balaban J connectivity index is 1.47. The first-order valence-electron chi connectivity index (χ1n) is 14.0. The number of halogens is 6. The minimum Gasteiger partial charge on any atom is -0.457 e. The number of piperidine rings is 1. The van der Waals surface area contributed by atoms with Gasteiger partial charge in [0.05, 0.1) is 23.8 Å². The number of carbonyl (C=O) groups excluding carboxylic acids is 2. The van der Waals surface area contributed by atoms with Crippen molar-refractivity contribution >= 4 is 34.5 Å². The number of carbonyl (C=O) groups is 2. The predicted octanol–water partition coefficient (Wildman–Crippen LogP) is 6.95. The molecule has 2 amide bonds. The van der Waals surface area contributed by atoms with Crippen LogP contribution in [0.15, 0.2) is 66.3 Å². The Bertz CT molecular complexity index is 1670. The van der Waals surface area contributed by atoms with Crippen LogP contribution in [0.1, 0.15) is 35.3 Å². The van der Waals surface area contributed by atoms with Gasteiger partial charge < -0.3 is 20.3 Å². The Morgan fingerprint density at radius 2 is 1.80 bits per heavy atom. The topological polar surface area (TPSA) is 109 Å². The fourth-order valence-corrected chi connectivity index (χ4v) is 5.88. The summed E-state index contributed by atoms with van der Waals surface area (Å²) >= 11 is 1.15. The highest BCUT2D eigenvalue weighted by Crippen LogP contribution is 2.48. The van der Waals surface area contributed by atoms with Crippen molar-refractivity contribution in [3.63, 3.8) is 0 Å². The average Bonchev–Trinajstić information content (AvgIpc) is 3.52. The third-order valence-corrected chi connectivity index (χ3v) is 8.03. The molecule has 1 aliphatic rings. The number of alkyl halides is 6. The van der Waals surface area contributed by atoms with Gasteiger partial charge in [-0.2, -0.15) is 36.5 Å². The fraction of sp³-hybridized carbons (Fsp3) is 0.300. The van der Waals surface area contributed by atoms with Gasteiger partial charge in [0, 0.05) is 30.6 Å². The van der Waals surface area contributed by atoms with Crippen LogP contribution in [0.4, 0.5) is 37.7 Å². The van der Waals surface area contributed by atoms with Gasteiger partial charge in [0.2, 0.25) is 0 Å². The third-order valence-electron chi connectivity index (χ3n) is 7.14. The molecule has 0 saturated carbocycles. The van der Waals surface area contributed by atoms with Crippen molar-refractivity contribution in [2.45, 2.75) is 31.6 Å². The summed E-state index contributed by atoms with van der Waals surface area (Å²) in [7, 11) is 0. The average molecular weight is 665 g/mol. The molecule has 0 aliphatic carbocycles. The van der Waals surface area contributed by atoms with E-state index in [2.05, 4.69) is 20.5 Å². The number of nitrogens with one attached hydrogen (secondary N) is 2. The summed E-state index contributed by atoms with van der Waals surface area (Å²) in [6.45, 7) is -0.108. The lowest BCUT2D eigenvalue weighted by atomic mass is 9.93. The van der Waals surface area contributed by atoms with Crippen LogP contribution in [0, 0.1) is 5.92 Å². The number of anilines is 2. The van der Waals surface area contributed by atoms with E-state index in [0.29, 0.717) is 23.4 Å². The molecule has 4 aromatic rings. The van der Waals surface area contributed by atoms with E-state index in [1.807, 2.05) is 5.32 Å². The van der Waals surface area contributed by atoms with E-state index in [1.165, 1.54) is 40.9 Å². The summed E-state index contributed by atoms with van der Waals surface area (Å²) in [6, 6.07) is 12.0. The molecule has 5 rings (SSSR count). The van der Waals surface area contributed by atoms with Gasteiger partial charge in [-0.25, -0.2) is 4.98 Å².